The number of carbonyl (C=O) groups is 1. The number of nitrogens with one attached hydrogen (secondary N) is 2. The highest BCUT2D eigenvalue weighted by Gasteiger charge is 2.16. The minimum absolute atomic E-state index is 0.135. The van der Waals surface area contributed by atoms with Crippen LogP contribution in [0.1, 0.15) is 16.6 Å². The molecular weight excluding hydrogens is 272 g/mol. The molecule has 1 heterocycles. The highest BCUT2D eigenvalue weighted by atomic mass is 35.5. The molecule has 4 nitrogen and oxygen atoms in total. The minimum Gasteiger partial charge on any atom is -0.349 e. The maximum atomic E-state index is 11.8. The van der Waals surface area contributed by atoms with Gasteiger partial charge in [0.2, 0.25) is 5.91 Å². The Bertz CT molecular complexity index is 579. The van der Waals surface area contributed by atoms with Crippen LogP contribution in [0.15, 0.2) is 40.5 Å². The second-order valence-corrected chi connectivity index (χ2v) is 4.94. The van der Waals surface area contributed by atoms with Gasteiger partial charge in [-0.25, -0.2) is 0 Å². The first-order chi connectivity index (χ1) is 8.66. The van der Waals surface area contributed by atoms with Crippen molar-refractivity contribution >= 4 is 28.8 Å². The summed E-state index contributed by atoms with van der Waals surface area (Å²) in [5, 5.41) is 3.63. The number of aromatic nitrogens is 1. The van der Waals surface area contributed by atoms with Crippen LogP contribution in [0.5, 0.6) is 0 Å². The number of hydrogen-bond donors (Lipinski definition) is 2. The lowest BCUT2D eigenvalue weighted by Gasteiger charge is -2.09. The van der Waals surface area contributed by atoms with Crippen molar-refractivity contribution < 1.29 is 4.79 Å². The Balaban J connectivity index is 1.94. The monoisotopic (exact) mass is 282 g/mol. The third kappa shape index (κ3) is 3.21. The van der Waals surface area contributed by atoms with Gasteiger partial charge < -0.3 is 10.3 Å². The van der Waals surface area contributed by atoms with E-state index in [1.165, 1.54) is 0 Å². The van der Waals surface area contributed by atoms with Gasteiger partial charge in [0.1, 0.15) is 5.38 Å². The zero-order valence-corrected chi connectivity index (χ0v) is 10.9. The molecule has 1 aromatic heterocycles. The average Bonchev–Trinajstić information content (AvgIpc) is 2.82. The Morgan fingerprint density at radius 1 is 1.39 bits per heavy atom. The van der Waals surface area contributed by atoms with Gasteiger partial charge in [0.25, 0.3) is 0 Å². The number of halogens is 1. The fourth-order valence-corrected chi connectivity index (χ4v) is 2.25. The molecule has 0 aliphatic heterocycles. The number of thiazole rings is 1. The van der Waals surface area contributed by atoms with Gasteiger partial charge in [-0.15, -0.1) is 11.6 Å². The molecule has 1 atom stereocenters. The molecule has 1 unspecified atom stereocenters. The van der Waals surface area contributed by atoms with E-state index < -0.39 is 5.38 Å². The highest BCUT2D eigenvalue weighted by Crippen LogP contribution is 2.19. The Morgan fingerprint density at radius 2 is 2.11 bits per heavy atom. The number of rotatable bonds is 4. The third-order valence-corrected chi connectivity index (χ3v) is 3.52. The van der Waals surface area contributed by atoms with Crippen molar-refractivity contribution in [3.63, 3.8) is 0 Å². The molecule has 6 heteroatoms. The van der Waals surface area contributed by atoms with E-state index in [4.69, 9.17) is 11.6 Å². The van der Waals surface area contributed by atoms with Crippen LogP contribution in [0, 0.1) is 0 Å². The molecule has 1 amide bonds. The Hall–Kier alpha value is -1.59. The summed E-state index contributed by atoms with van der Waals surface area (Å²) in [6, 6.07) is 9.11. The van der Waals surface area contributed by atoms with Crippen molar-refractivity contribution in [2.45, 2.75) is 11.9 Å². The molecule has 94 valence electrons. The summed E-state index contributed by atoms with van der Waals surface area (Å²) in [4.78, 5) is 25.2. The third-order valence-electron chi connectivity index (χ3n) is 2.35. The van der Waals surface area contributed by atoms with E-state index in [1.807, 2.05) is 18.2 Å². The van der Waals surface area contributed by atoms with Crippen LogP contribution in [-0.2, 0) is 11.3 Å². The number of alkyl halides is 1. The lowest BCUT2D eigenvalue weighted by Crippen LogP contribution is -2.26. The molecule has 0 radical (unpaired) electrons. The second-order valence-electron chi connectivity index (χ2n) is 3.66. The number of carbonyl (C=O) groups excluding carboxylic acids is 1. The van der Waals surface area contributed by atoms with Crippen molar-refractivity contribution in [3.05, 3.63) is 56.6 Å². The summed E-state index contributed by atoms with van der Waals surface area (Å²) >= 11 is 7.11. The Labute approximate surface area is 113 Å². The first-order valence-electron chi connectivity index (χ1n) is 5.30. The maximum absolute atomic E-state index is 11.8. The van der Waals surface area contributed by atoms with Crippen molar-refractivity contribution in [1.82, 2.24) is 10.3 Å². The van der Waals surface area contributed by atoms with Crippen molar-refractivity contribution in [2.24, 2.45) is 0 Å². The molecule has 18 heavy (non-hydrogen) atoms. The molecule has 0 aliphatic rings. The zero-order valence-electron chi connectivity index (χ0n) is 9.35. The molecule has 0 aliphatic carbocycles. The van der Waals surface area contributed by atoms with Crippen LogP contribution in [0.2, 0.25) is 0 Å². The number of H-pyrrole nitrogens is 1. The molecule has 2 rings (SSSR count). The van der Waals surface area contributed by atoms with E-state index in [0.717, 1.165) is 16.9 Å². The molecule has 2 N–H and O–H groups in total. The van der Waals surface area contributed by atoms with Crippen molar-refractivity contribution in [1.29, 1.82) is 0 Å². The lowest BCUT2D eigenvalue weighted by molar-refractivity contribution is -0.121. The predicted octanol–water partition coefficient (Wildman–Crippen LogP) is 2.03. The Morgan fingerprint density at radius 3 is 2.72 bits per heavy atom. The van der Waals surface area contributed by atoms with Crippen LogP contribution < -0.4 is 10.2 Å². The number of hydrogen-bond acceptors (Lipinski definition) is 3. The van der Waals surface area contributed by atoms with Gasteiger partial charge in [0.15, 0.2) is 0 Å². The standard InChI is InChI=1S/C12H11ClN2O2S/c13-10(8-4-2-1-3-5-8)11(16)14-6-9-7-18-12(17)15-9/h1-5,7,10H,6H2,(H,14,16)(H,15,17). The Kier molecular flexibility index (Phi) is 4.17. The normalized spacial score (nSPS) is 12.1. The number of benzene rings is 1. The summed E-state index contributed by atoms with van der Waals surface area (Å²) in [6.45, 7) is 0.271. The van der Waals surface area contributed by atoms with Gasteiger partial charge in [-0.05, 0) is 5.56 Å². The molecule has 2 aromatic rings. The van der Waals surface area contributed by atoms with Gasteiger partial charge in [-0.2, -0.15) is 0 Å². The van der Waals surface area contributed by atoms with Gasteiger partial charge in [0.05, 0.1) is 6.54 Å². The van der Waals surface area contributed by atoms with Gasteiger partial charge in [-0.1, -0.05) is 41.7 Å². The highest BCUT2D eigenvalue weighted by molar-refractivity contribution is 7.07. The van der Waals surface area contributed by atoms with Crippen molar-refractivity contribution in [2.75, 3.05) is 0 Å². The van der Waals surface area contributed by atoms with Crippen LogP contribution in [0.25, 0.3) is 0 Å². The smallest absolute Gasteiger partial charge is 0.304 e. The topological polar surface area (TPSA) is 62.0 Å². The SMILES string of the molecule is O=C(NCc1csc(=O)[nH]1)C(Cl)c1ccccc1. The zero-order chi connectivity index (χ0) is 13.0. The fraction of sp³-hybridized carbons (Fsp3) is 0.167. The summed E-state index contributed by atoms with van der Waals surface area (Å²) in [6.07, 6.45) is 0. The van der Waals surface area contributed by atoms with E-state index in [2.05, 4.69) is 10.3 Å². The van der Waals surface area contributed by atoms with Crippen LogP contribution in [0.3, 0.4) is 0 Å². The quantitative estimate of drug-likeness (QED) is 0.843. The van der Waals surface area contributed by atoms with E-state index in [0.29, 0.717) is 5.69 Å². The van der Waals surface area contributed by atoms with Crippen LogP contribution in [-0.4, -0.2) is 10.9 Å². The van der Waals surface area contributed by atoms with E-state index in [-0.39, 0.29) is 17.3 Å². The van der Waals surface area contributed by atoms with Crippen LogP contribution in [0.4, 0.5) is 0 Å². The fourth-order valence-electron chi connectivity index (χ4n) is 1.45. The summed E-state index contributed by atoms with van der Waals surface area (Å²) in [5.74, 6) is -0.282. The van der Waals surface area contributed by atoms with E-state index in [9.17, 15) is 9.59 Å². The molecule has 0 saturated carbocycles. The second kappa shape index (κ2) is 5.84. The summed E-state index contributed by atoms with van der Waals surface area (Å²) in [7, 11) is 0. The minimum atomic E-state index is -0.725. The maximum Gasteiger partial charge on any atom is 0.304 e. The van der Waals surface area contributed by atoms with E-state index in [1.54, 1.807) is 17.5 Å². The molecule has 0 fully saturated rings. The lowest BCUT2D eigenvalue weighted by atomic mass is 10.1. The van der Waals surface area contributed by atoms with Gasteiger partial charge in [-0.3, -0.25) is 9.59 Å². The average molecular weight is 283 g/mol. The van der Waals surface area contributed by atoms with E-state index >= 15 is 0 Å². The summed E-state index contributed by atoms with van der Waals surface area (Å²) < 4.78 is 0. The molecule has 0 bridgehead atoms. The molecular formula is C12H11ClN2O2S. The predicted molar refractivity (Wildman–Crippen MR) is 71.8 cm³/mol. The first-order valence-corrected chi connectivity index (χ1v) is 6.62. The van der Waals surface area contributed by atoms with Gasteiger partial charge in [0, 0.05) is 11.1 Å². The number of aromatic amines is 1. The summed E-state index contributed by atoms with van der Waals surface area (Å²) in [5.41, 5.74) is 1.42. The number of amides is 1. The van der Waals surface area contributed by atoms with Crippen LogP contribution >= 0.6 is 22.9 Å². The largest absolute Gasteiger partial charge is 0.349 e. The molecule has 0 saturated heterocycles. The van der Waals surface area contributed by atoms with Gasteiger partial charge >= 0.3 is 4.87 Å². The first kappa shape index (κ1) is 12.9. The van der Waals surface area contributed by atoms with Crippen molar-refractivity contribution in [3.8, 4) is 0 Å². The molecule has 0 spiro atoms. The molecule has 1 aromatic carbocycles.